The normalized spacial score (nSPS) is 12.0. The second-order valence-corrected chi connectivity index (χ2v) is 7.32. The number of sulfonamides is 1. The summed E-state index contributed by atoms with van der Waals surface area (Å²) in [7, 11) is -2.67. The molecule has 1 N–H and O–H groups in total. The van der Waals surface area contributed by atoms with Gasteiger partial charge in [-0.1, -0.05) is 24.3 Å². The highest BCUT2D eigenvalue weighted by atomic mass is 32.2. The van der Waals surface area contributed by atoms with Crippen LogP contribution in [-0.2, 0) is 10.0 Å². The van der Waals surface area contributed by atoms with Gasteiger partial charge in [-0.2, -0.15) is 13.2 Å². The van der Waals surface area contributed by atoms with Crippen LogP contribution in [0, 0.1) is 0 Å². The highest BCUT2D eigenvalue weighted by molar-refractivity contribution is 7.99. The third-order valence-corrected chi connectivity index (χ3v) is 5.42. The quantitative estimate of drug-likeness (QED) is 0.769. The molecular weight excluding hydrogens is 363 g/mol. The first kappa shape index (κ1) is 18.5. The van der Waals surface area contributed by atoms with Gasteiger partial charge in [0, 0.05) is 4.90 Å². The number of para-hydroxylation sites is 2. The molecule has 0 radical (unpaired) electrons. The van der Waals surface area contributed by atoms with Crippen molar-refractivity contribution in [1.29, 1.82) is 0 Å². The summed E-state index contributed by atoms with van der Waals surface area (Å²) in [6, 6.07) is 11.9. The van der Waals surface area contributed by atoms with E-state index in [4.69, 9.17) is 4.74 Å². The van der Waals surface area contributed by atoms with Crippen LogP contribution in [-0.4, -0.2) is 27.5 Å². The molecule has 0 amide bonds. The van der Waals surface area contributed by atoms with Crippen molar-refractivity contribution in [2.75, 3.05) is 17.6 Å². The minimum atomic E-state index is -4.35. The molecule has 0 aliphatic heterocycles. The third kappa shape index (κ3) is 4.81. The molecule has 0 spiro atoms. The van der Waals surface area contributed by atoms with Gasteiger partial charge in [0.2, 0.25) is 0 Å². The molecule has 0 atom stereocenters. The summed E-state index contributed by atoms with van der Waals surface area (Å²) in [6.45, 7) is 0. The molecule has 0 aromatic heterocycles. The van der Waals surface area contributed by atoms with E-state index in [1.807, 2.05) is 0 Å². The predicted octanol–water partition coefficient (Wildman–Crippen LogP) is 4.15. The largest absolute Gasteiger partial charge is 0.495 e. The molecule has 0 heterocycles. The molecule has 0 unspecified atom stereocenters. The average molecular weight is 377 g/mol. The number of rotatable bonds is 6. The van der Waals surface area contributed by atoms with Gasteiger partial charge in [-0.3, -0.25) is 4.72 Å². The molecule has 2 aromatic carbocycles. The number of halogens is 3. The van der Waals surface area contributed by atoms with Crippen LogP contribution in [0.15, 0.2) is 58.3 Å². The molecule has 0 saturated heterocycles. The summed E-state index contributed by atoms with van der Waals surface area (Å²) in [6.07, 6.45) is -4.35. The van der Waals surface area contributed by atoms with E-state index in [0.29, 0.717) is 11.8 Å². The van der Waals surface area contributed by atoms with Crippen molar-refractivity contribution in [2.24, 2.45) is 0 Å². The highest BCUT2D eigenvalue weighted by Crippen LogP contribution is 2.34. The van der Waals surface area contributed by atoms with Crippen molar-refractivity contribution < 1.29 is 26.3 Å². The first-order valence-corrected chi connectivity index (χ1v) is 9.14. The Kier molecular flexibility index (Phi) is 5.66. The van der Waals surface area contributed by atoms with Gasteiger partial charge >= 0.3 is 6.18 Å². The third-order valence-electron chi connectivity index (χ3n) is 2.88. The van der Waals surface area contributed by atoms with Crippen LogP contribution in [0.5, 0.6) is 5.75 Å². The Morgan fingerprint density at radius 3 is 2.38 bits per heavy atom. The minimum Gasteiger partial charge on any atom is -0.495 e. The van der Waals surface area contributed by atoms with Gasteiger partial charge in [-0.25, -0.2) is 8.42 Å². The first-order chi connectivity index (χ1) is 11.2. The second kappa shape index (κ2) is 7.35. The molecule has 0 saturated carbocycles. The summed E-state index contributed by atoms with van der Waals surface area (Å²) < 4.78 is 69.6. The number of benzene rings is 2. The Balaban J connectivity index is 2.30. The van der Waals surface area contributed by atoms with Crippen LogP contribution in [0.25, 0.3) is 0 Å². The minimum absolute atomic E-state index is 0.0812. The highest BCUT2D eigenvalue weighted by Gasteiger charge is 2.28. The molecule has 2 aromatic rings. The second-order valence-electron chi connectivity index (χ2n) is 4.66. The van der Waals surface area contributed by atoms with Gasteiger partial charge in [-0.15, -0.1) is 11.8 Å². The maximum atomic E-state index is 12.5. The predicted molar refractivity (Wildman–Crippen MR) is 87.0 cm³/mol. The summed E-state index contributed by atoms with van der Waals surface area (Å²) >= 11 is 0.517. The van der Waals surface area contributed by atoms with Crippen molar-refractivity contribution in [3.8, 4) is 5.75 Å². The van der Waals surface area contributed by atoms with Gasteiger partial charge in [0.05, 0.1) is 18.6 Å². The molecule has 4 nitrogen and oxygen atoms in total. The summed E-state index contributed by atoms with van der Waals surface area (Å²) in [5, 5.41) is 0. The maximum absolute atomic E-state index is 12.5. The molecule has 9 heteroatoms. The van der Waals surface area contributed by atoms with Crippen LogP contribution < -0.4 is 9.46 Å². The molecule has 0 fully saturated rings. The van der Waals surface area contributed by atoms with E-state index in [-0.39, 0.29) is 21.2 Å². The first-order valence-electron chi connectivity index (χ1n) is 6.67. The van der Waals surface area contributed by atoms with Crippen molar-refractivity contribution in [1.82, 2.24) is 0 Å². The Labute approximate surface area is 142 Å². The molecular formula is C15H14F3NO3S2. The average Bonchev–Trinajstić information content (AvgIpc) is 2.53. The molecule has 130 valence electrons. The smallest absolute Gasteiger partial charge is 0.398 e. The van der Waals surface area contributed by atoms with Gasteiger partial charge in [0.25, 0.3) is 10.0 Å². The molecule has 0 aliphatic carbocycles. The molecule has 24 heavy (non-hydrogen) atoms. The van der Waals surface area contributed by atoms with Crippen LogP contribution in [0.4, 0.5) is 18.9 Å². The van der Waals surface area contributed by atoms with Crippen molar-refractivity contribution in [3.05, 3.63) is 48.5 Å². The van der Waals surface area contributed by atoms with Crippen LogP contribution in [0.1, 0.15) is 0 Å². The van der Waals surface area contributed by atoms with E-state index in [2.05, 4.69) is 4.72 Å². The topological polar surface area (TPSA) is 55.4 Å². The monoisotopic (exact) mass is 377 g/mol. The van der Waals surface area contributed by atoms with Crippen molar-refractivity contribution in [2.45, 2.75) is 16.0 Å². The zero-order valence-electron chi connectivity index (χ0n) is 12.5. The van der Waals surface area contributed by atoms with E-state index in [1.165, 1.54) is 43.5 Å². The zero-order chi connectivity index (χ0) is 17.8. The summed E-state index contributed by atoms with van der Waals surface area (Å²) in [5.74, 6) is -0.967. The fraction of sp³-hybridized carbons (Fsp3) is 0.200. The Hall–Kier alpha value is -1.87. The zero-order valence-corrected chi connectivity index (χ0v) is 14.1. The number of anilines is 1. The fourth-order valence-electron chi connectivity index (χ4n) is 1.88. The van der Waals surface area contributed by atoms with E-state index in [1.54, 1.807) is 12.1 Å². The van der Waals surface area contributed by atoms with Gasteiger partial charge in [-0.05, 0) is 24.3 Å². The van der Waals surface area contributed by atoms with Crippen LogP contribution in [0.3, 0.4) is 0 Å². The van der Waals surface area contributed by atoms with Crippen LogP contribution >= 0.6 is 11.8 Å². The molecule has 2 rings (SSSR count). The number of alkyl halides is 3. The maximum Gasteiger partial charge on any atom is 0.398 e. The fourth-order valence-corrected chi connectivity index (χ4v) is 3.96. The van der Waals surface area contributed by atoms with Crippen LogP contribution in [0.2, 0.25) is 0 Å². The van der Waals surface area contributed by atoms with Gasteiger partial charge in [0.1, 0.15) is 10.6 Å². The molecule has 0 aliphatic rings. The van der Waals surface area contributed by atoms with E-state index >= 15 is 0 Å². The van der Waals surface area contributed by atoms with Gasteiger partial charge < -0.3 is 4.74 Å². The lowest BCUT2D eigenvalue weighted by Crippen LogP contribution is -2.15. The van der Waals surface area contributed by atoms with E-state index < -0.39 is 22.0 Å². The van der Waals surface area contributed by atoms with E-state index in [0.717, 1.165) is 0 Å². The van der Waals surface area contributed by atoms with E-state index in [9.17, 15) is 21.6 Å². The van der Waals surface area contributed by atoms with Crippen molar-refractivity contribution in [3.63, 3.8) is 0 Å². The summed E-state index contributed by atoms with van der Waals surface area (Å²) in [5.41, 5.74) is 0.0812. The molecule has 0 bridgehead atoms. The number of methoxy groups -OCH3 is 1. The van der Waals surface area contributed by atoms with Gasteiger partial charge in [0.15, 0.2) is 0 Å². The Morgan fingerprint density at radius 1 is 1.08 bits per heavy atom. The SMILES string of the molecule is COc1ccccc1S(=O)(=O)Nc1ccccc1SCC(F)(F)F. The number of thioether (sulfide) groups is 1. The van der Waals surface area contributed by atoms with Crippen molar-refractivity contribution >= 4 is 27.5 Å². The summed E-state index contributed by atoms with van der Waals surface area (Å²) in [4.78, 5) is 0.0939. The number of ether oxygens (including phenoxy) is 1. The lowest BCUT2D eigenvalue weighted by molar-refractivity contribution is -0.105. The number of hydrogen-bond donors (Lipinski definition) is 1. The Morgan fingerprint density at radius 2 is 1.71 bits per heavy atom. The number of nitrogens with one attached hydrogen (secondary N) is 1. The Bertz CT molecular complexity index is 808. The lowest BCUT2D eigenvalue weighted by atomic mass is 10.3. The lowest BCUT2D eigenvalue weighted by Gasteiger charge is -2.14. The number of hydrogen-bond acceptors (Lipinski definition) is 4. The standard InChI is InChI=1S/C15H14F3NO3S2/c1-22-12-7-3-5-9-14(12)24(20,21)19-11-6-2-4-8-13(11)23-10-15(16,17)18/h2-9,19H,10H2,1H3.